The highest BCUT2D eigenvalue weighted by Crippen LogP contribution is 2.23. The van der Waals surface area contributed by atoms with Crippen molar-refractivity contribution >= 4 is 0 Å². The Bertz CT molecular complexity index is 406. The van der Waals surface area contributed by atoms with E-state index in [-0.39, 0.29) is 0 Å². The van der Waals surface area contributed by atoms with E-state index in [0.717, 1.165) is 0 Å². The van der Waals surface area contributed by atoms with E-state index >= 15 is 0 Å². The molecule has 2 aromatic heterocycles. The van der Waals surface area contributed by atoms with E-state index in [1.54, 1.807) is 48.8 Å². The standard InChI is InChI=1S/C12H11N2O2/c1-16-12(15,10-6-2-4-8-13-10)11-7-3-5-9-14-11/h2-9H,1H3/q-1. The highest BCUT2D eigenvalue weighted by atomic mass is 16.6. The summed E-state index contributed by atoms with van der Waals surface area (Å²) >= 11 is 0. The van der Waals surface area contributed by atoms with Crippen LogP contribution in [0.4, 0.5) is 0 Å². The monoisotopic (exact) mass is 215 g/mol. The average Bonchev–Trinajstić information content (AvgIpc) is 2.40. The minimum absolute atomic E-state index is 0.302. The van der Waals surface area contributed by atoms with Crippen molar-refractivity contribution in [2.45, 2.75) is 5.79 Å². The Kier molecular flexibility index (Phi) is 2.94. The second kappa shape index (κ2) is 4.38. The van der Waals surface area contributed by atoms with Gasteiger partial charge >= 0.3 is 0 Å². The van der Waals surface area contributed by atoms with Crippen molar-refractivity contribution in [3.05, 3.63) is 60.2 Å². The van der Waals surface area contributed by atoms with Gasteiger partial charge in [0.1, 0.15) is 0 Å². The molecule has 2 heterocycles. The molecule has 0 saturated heterocycles. The fourth-order valence-electron chi connectivity index (χ4n) is 1.46. The van der Waals surface area contributed by atoms with Crippen LogP contribution in [0.1, 0.15) is 11.4 Å². The molecule has 0 aromatic carbocycles. The zero-order chi connectivity index (χ0) is 11.4. The molecule has 0 aliphatic carbocycles. The minimum atomic E-state index is -1.84. The largest absolute Gasteiger partial charge is 0.819 e. The zero-order valence-corrected chi connectivity index (χ0v) is 8.83. The van der Waals surface area contributed by atoms with Crippen molar-refractivity contribution in [2.75, 3.05) is 7.11 Å². The van der Waals surface area contributed by atoms with Gasteiger partial charge in [-0.05, 0) is 24.3 Å². The molecule has 2 rings (SSSR count). The van der Waals surface area contributed by atoms with E-state index in [0.29, 0.717) is 11.4 Å². The lowest BCUT2D eigenvalue weighted by atomic mass is 10.1. The number of pyridine rings is 2. The van der Waals surface area contributed by atoms with Crippen molar-refractivity contribution in [1.82, 2.24) is 9.97 Å². The molecule has 2 aromatic rings. The maximum absolute atomic E-state index is 12.5. The minimum Gasteiger partial charge on any atom is -0.819 e. The summed E-state index contributed by atoms with van der Waals surface area (Å²) < 4.78 is 5.03. The predicted molar refractivity (Wildman–Crippen MR) is 56.3 cm³/mol. The van der Waals surface area contributed by atoms with E-state index in [4.69, 9.17) is 4.74 Å². The van der Waals surface area contributed by atoms with Crippen LogP contribution < -0.4 is 5.11 Å². The lowest BCUT2D eigenvalue weighted by Crippen LogP contribution is -2.45. The molecule has 0 aliphatic rings. The third-order valence-electron chi connectivity index (χ3n) is 2.29. The van der Waals surface area contributed by atoms with Crippen LogP contribution in [-0.2, 0) is 10.5 Å². The summed E-state index contributed by atoms with van der Waals surface area (Å²) in [6.07, 6.45) is 3.12. The van der Waals surface area contributed by atoms with Crippen LogP contribution >= 0.6 is 0 Å². The van der Waals surface area contributed by atoms with Crippen molar-refractivity contribution in [3.8, 4) is 0 Å². The summed E-state index contributed by atoms with van der Waals surface area (Å²) in [4.78, 5) is 8.04. The Labute approximate surface area is 93.6 Å². The molecule has 0 aliphatic heterocycles. The van der Waals surface area contributed by atoms with Crippen LogP contribution in [-0.4, -0.2) is 17.1 Å². The van der Waals surface area contributed by atoms with E-state index in [1.807, 2.05) is 0 Å². The van der Waals surface area contributed by atoms with Gasteiger partial charge in [-0.1, -0.05) is 12.1 Å². The Balaban J connectivity index is 2.49. The third-order valence-corrected chi connectivity index (χ3v) is 2.29. The second-order valence-corrected chi connectivity index (χ2v) is 3.25. The molecular formula is C12H11N2O2-. The molecule has 0 unspecified atom stereocenters. The number of hydrogen-bond donors (Lipinski definition) is 0. The molecule has 0 spiro atoms. The van der Waals surface area contributed by atoms with Crippen LogP contribution in [0.3, 0.4) is 0 Å². The Morgan fingerprint density at radius 1 is 1.00 bits per heavy atom. The summed E-state index contributed by atoms with van der Waals surface area (Å²) in [5.74, 6) is -1.84. The van der Waals surface area contributed by atoms with Gasteiger partial charge in [0.2, 0.25) is 0 Å². The number of nitrogens with zero attached hydrogens (tertiary/aromatic N) is 2. The highest BCUT2D eigenvalue weighted by Gasteiger charge is 2.23. The van der Waals surface area contributed by atoms with Crippen molar-refractivity contribution in [2.24, 2.45) is 0 Å². The molecule has 0 radical (unpaired) electrons. The van der Waals surface area contributed by atoms with Crippen LogP contribution in [0, 0.1) is 0 Å². The quantitative estimate of drug-likeness (QED) is 0.706. The Morgan fingerprint density at radius 2 is 1.50 bits per heavy atom. The van der Waals surface area contributed by atoms with Gasteiger partial charge in [-0.3, -0.25) is 9.97 Å². The molecular weight excluding hydrogens is 204 g/mol. The second-order valence-electron chi connectivity index (χ2n) is 3.25. The van der Waals surface area contributed by atoms with Gasteiger partial charge in [0.15, 0.2) is 0 Å². The first-order chi connectivity index (χ1) is 7.77. The van der Waals surface area contributed by atoms with Crippen LogP contribution in [0.2, 0.25) is 0 Å². The first-order valence-electron chi connectivity index (χ1n) is 4.86. The number of aromatic nitrogens is 2. The molecule has 0 saturated carbocycles. The maximum Gasteiger partial charge on any atom is 0.0807 e. The summed E-state index contributed by atoms with van der Waals surface area (Å²) in [7, 11) is 1.36. The molecule has 16 heavy (non-hydrogen) atoms. The van der Waals surface area contributed by atoms with E-state index in [9.17, 15) is 5.11 Å². The normalized spacial score (nSPS) is 11.4. The number of rotatable bonds is 3. The lowest BCUT2D eigenvalue weighted by Gasteiger charge is -2.37. The molecule has 82 valence electrons. The van der Waals surface area contributed by atoms with Crippen LogP contribution in [0.15, 0.2) is 48.8 Å². The number of methoxy groups -OCH3 is 1. The van der Waals surface area contributed by atoms with E-state index in [2.05, 4.69) is 9.97 Å². The fourth-order valence-corrected chi connectivity index (χ4v) is 1.46. The topological polar surface area (TPSA) is 58.1 Å². The van der Waals surface area contributed by atoms with Gasteiger partial charge in [-0.15, -0.1) is 0 Å². The van der Waals surface area contributed by atoms with Crippen molar-refractivity contribution in [3.63, 3.8) is 0 Å². The first kappa shape index (κ1) is 10.7. The Hall–Kier alpha value is -1.78. The molecule has 0 amide bonds. The van der Waals surface area contributed by atoms with Crippen LogP contribution in [0.25, 0.3) is 0 Å². The average molecular weight is 215 g/mol. The molecule has 0 N–H and O–H groups in total. The Morgan fingerprint density at radius 3 is 1.81 bits per heavy atom. The van der Waals surface area contributed by atoms with Gasteiger partial charge in [-0.2, -0.15) is 0 Å². The first-order valence-corrected chi connectivity index (χ1v) is 4.86. The molecule has 0 bridgehead atoms. The van der Waals surface area contributed by atoms with Gasteiger partial charge in [0.05, 0.1) is 17.2 Å². The van der Waals surface area contributed by atoms with Gasteiger partial charge < -0.3 is 9.84 Å². The van der Waals surface area contributed by atoms with E-state index in [1.165, 1.54) is 7.11 Å². The van der Waals surface area contributed by atoms with Crippen molar-refractivity contribution < 1.29 is 9.84 Å². The fraction of sp³-hybridized carbons (Fsp3) is 0.167. The van der Waals surface area contributed by atoms with E-state index < -0.39 is 5.79 Å². The summed E-state index contributed by atoms with van der Waals surface area (Å²) in [6, 6.07) is 10.3. The summed E-state index contributed by atoms with van der Waals surface area (Å²) in [5.41, 5.74) is 0.604. The van der Waals surface area contributed by atoms with Crippen LogP contribution in [0.5, 0.6) is 0 Å². The molecule has 4 nitrogen and oxygen atoms in total. The molecule has 0 fully saturated rings. The number of ether oxygens (including phenoxy) is 1. The smallest absolute Gasteiger partial charge is 0.0807 e. The maximum atomic E-state index is 12.5. The highest BCUT2D eigenvalue weighted by molar-refractivity contribution is 5.22. The molecule has 4 heteroatoms. The summed E-state index contributed by atoms with van der Waals surface area (Å²) in [5, 5.41) is 12.5. The lowest BCUT2D eigenvalue weighted by molar-refractivity contribution is -0.548. The number of hydrogen-bond acceptors (Lipinski definition) is 4. The van der Waals surface area contributed by atoms with Crippen molar-refractivity contribution in [1.29, 1.82) is 0 Å². The zero-order valence-electron chi connectivity index (χ0n) is 8.83. The molecule has 0 atom stereocenters. The SMILES string of the molecule is COC([O-])(c1ccccn1)c1ccccn1. The van der Waals surface area contributed by atoms with Gasteiger partial charge in [0.25, 0.3) is 0 Å². The van der Waals surface area contributed by atoms with Gasteiger partial charge in [0, 0.05) is 19.5 Å². The third kappa shape index (κ3) is 1.80. The predicted octanol–water partition coefficient (Wildman–Crippen LogP) is 0.684. The van der Waals surface area contributed by atoms with Gasteiger partial charge in [-0.25, -0.2) is 0 Å². The summed E-state index contributed by atoms with van der Waals surface area (Å²) in [6.45, 7) is 0.